The standard InChI is InChI=1S/C13H11BrO2S/c1-17(16)13-11(7-10(14)8-12(13)15)9-5-3-2-4-6-9/h2-8,15H,1H3. The summed E-state index contributed by atoms with van der Waals surface area (Å²) in [5.41, 5.74) is 1.73. The Balaban J connectivity index is 2.72. The second-order valence-corrected chi connectivity index (χ2v) is 5.85. The van der Waals surface area contributed by atoms with Crippen molar-refractivity contribution < 1.29 is 9.32 Å². The molecular weight excluding hydrogens is 300 g/mol. The third kappa shape index (κ3) is 2.58. The van der Waals surface area contributed by atoms with Crippen molar-refractivity contribution in [2.24, 2.45) is 0 Å². The number of hydrogen-bond acceptors (Lipinski definition) is 2. The van der Waals surface area contributed by atoms with Crippen molar-refractivity contribution in [1.29, 1.82) is 0 Å². The lowest BCUT2D eigenvalue weighted by Gasteiger charge is -2.10. The van der Waals surface area contributed by atoms with Gasteiger partial charge in [0.25, 0.3) is 0 Å². The zero-order valence-electron chi connectivity index (χ0n) is 9.18. The molecule has 2 nitrogen and oxygen atoms in total. The minimum absolute atomic E-state index is 0.0547. The molecule has 0 fully saturated rings. The van der Waals surface area contributed by atoms with E-state index < -0.39 is 10.8 Å². The molecule has 1 atom stereocenters. The predicted molar refractivity (Wildman–Crippen MR) is 73.6 cm³/mol. The average molecular weight is 311 g/mol. The van der Waals surface area contributed by atoms with Gasteiger partial charge in [0.15, 0.2) is 0 Å². The number of phenols is 1. The number of phenolic OH excluding ortho intramolecular Hbond substituents is 1. The molecule has 0 radical (unpaired) electrons. The smallest absolute Gasteiger partial charge is 0.133 e. The van der Waals surface area contributed by atoms with E-state index in [-0.39, 0.29) is 5.75 Å². The van der Waals surface area contributed by atoms with Crippen molar-refractivity contribution in [3.8, 4) is 16.9 Å². The molecule has 0 aliphatic rings. The Labute approximate surface area is 111 Å². The molecule has 2 rings (SSSR count). The molecule has 2 aromatic carbocycles. The highest BCUT2D eigenvalue weighted by atomic mass is 79.9. The van der Waals surface area contributed by atoms with Gasteiger partial charge in [-0.25, -0.2) is 0 Å². The Morgan fingerprint density at radius 2 is 1.82 bits per heavy atom. The van der Waals surface area contributed by atoms with Crippen molar-refractivity contribution in [3.05, 3.63) is 46.9 Å². The van der Waals surface area contributed by atoms with E-state index in [9.17, 15) is 9.32 Å². The molecular formula is C13H11BrO2S. The second kappa shape index (κ2) is 5.02. The Morgan fingerprint density at radius 1 is 1.18 bits per heavy atom. The summed E-state index contributed by atoms with van der Waals surface area (Å²) in [7, 11) is -1.23. The van der Waals surface area contributed by atoms with E-state index in [0.717, 1.165) is 15.6 Å². The minimum Gasteiger partial charge on any atom is -0.507 e. The summed E-state index contributed by atoms with van der Waals surface area (Å²) in [5.74, 6) is 0.0547. The van der Waals surface area contributed by atoms with Gasteiger partial charge in [0.1, 0.15) is 5.75 Å². The van der Waals surface area contributed by atoms with E-state index in [0.29, 0.717) is 4.90 Å². The number of benzene rings is 2. The Kier molecular flexibility index (Phi) is 3.64. The topological polar surface area (TPSA) is 37.3 Å². The Hall–Kier alpha value is -1.13. The third-order valence-electron chi connectivity index (χ3n) is 2.41. The van der Waals surface area contributed by atoms with Crippen LogP contribution in [0.1, 0.15) is 0 Å². The molecule has 0 saturated carbocycles. The predicted octanol–water partition coefficient (Wildman–Crippen LogP) is 3.56. The van der Waals surface area contributed by atoms with E-state index in [2.05, 4.69) is 15.9 Å². The first-order valence-corrected chi connectivity index (χ1v) is 7.36. The van der Waals surface area contributed by atoms with E-state index in [4.69, 9.17) is 0 Å². The first-order chi connectivity index (χ1) is 8.09. The summed E-state index contributed by atoms with van der Waals surface area (Å²) in [4.78, 5) is 0.472. The molecule has 4 heteroatoms. The average Bonchev–Trinajstić information content (AvgIpc) is 2.28. The molecule has 0 amide bonds. The van der Waals surface area contributed by atoms with Gasteiger partial charge in [-0.3, -0.25) is 4.21 Å². The number of rotatable bonds is 2. The molecule has 88 valence electrons. The van der Waals surface area contributed by atoms with E-state index >= 15 is 0 Å². The van der Waals surface area contributed by atoms with Crippen molar-refractivity contribution in [2.45, 2.75) is 4.90 Å². The van der Waals surface area contributed by atoms with Crippen molar-refractivity contribution in [2.75, 3.05) is 6.26 Å². The summed E-state index contributed by atoms with van der Waals surface area (Å²) in [6.07, 6.45) is 1.56. The first kappa shape index (κ1) is 12.3. The summed E-state index contributed by atoms with van der Waals surface area (Å²) < 4.78 is 12.5. The van der Waals surface area contributed by atoms with Crippen LogP contribution in [0.3, 0.4) is 0 Å². The zero-order chi connectivity index (χ0) is 12.4. The highest BCUT2D eigenvalue weighted by Gasteiger charge is 2.14. The van der Waals surface area contributed by atoms with Crippen LogP contribution in [0.25, 0.3) is 11.1 Å². The van der Waals surface area contributed by atoms with Crippen molar-refractivity contribution >= 4 is 26.7 Å². The van der Waals surface area contributed by atoms with Gasteiger partial charge in [-0.15, -0.1) is 0 Å². The van der Waals surface area contributed by atoms with Crippen molar-refractivity contribution in [3.63, 3.8) is 0 Å². The van der Waals surface area contributed by atoms with Crippen LogP contribution in [0.15, 0.2) is 51.8 Å². The van der Waals surface area contributed by atoms with E-state index in [1.807, 2.05) is 36.4 Å². The fraction of sp³-hybridized carbons (Fsp3) is 0.0769. The fourth-order valence-electron chi connectivity index (χ4n) is 1.71. The van der Waals surface area contributed by atoms with E-state index in [1.165, 1.54) is 0 Å². The molecule has 0 aliphatic heterocycles. The second-order valence-electron chi connectivity index (χ2n) is 3.62. The molecule has 0 bridgehead atoms. The maximum Gasteiger partial charge on any atom is 0.133 e. The number of halogens is 1. The van der Waals surface area contributed by atoms with Gasteiger partial charge in [0.05, 0.1) is 15.7 Å². The van der Waals surface area contributed by atoms with Crippen molar-refractivity contribution in [1.82, 2.24) is 0 Å². The molecule has 0 heterocycles. The number of hydrogen-bond donors (Lipinski definition) is 1. The molecule has 0 aliphatic carbocycles. The minimum atomic E-state index is -1.23. The van der Waals surface area contributed by atoms with Crippen LogP contribution < -0.4 is 0 Å². The molecule has 0 aromatic heterocycles. The van der Waals surface area contributed by atoms with Gasteiger partial charge in [0, 0.05) is 16.3 Å². The van der Waals surface area contributed by atoms with Gasteiger partial charge in [-0.1, -0.05) is 46.3 Å². The van der Waals surface area contributed by atoms with Gasteiger partial charge in [-0.05, 0) is 17.7 Å². The normalized spacial score (nSPS) is 12.4. The third-order valence-corrected chi connectivity index (χ3v) is 3.87. The molecule has 1 N–H and O–H groups in total. The van der Waals surface area contributed by atoms with Crippen LogP contribution in [-0.2, 0) is 10.8 Å². The largest absolute Gasteiger partial charge is 0.507 e. The Bertz CT molecular complexity index is 567. The highest BCUT2D eigenvalue weighted by molar-refractivity contribution is 9.10. The lowest BCUT2D eigenvalue weighted by atomic mass is 10.1. The molecule has 2 aromatic rings. The van der Waals surface area contributed by atoms with Crippen LogP contribution in [0.4, 0.5) is 0 Å². The molecule has 1 unspecified atom stereocenters. The number of aromatic hydroxyl groups is 1. The SMILES string of the molecule is CS(=O)c1c(O)cc(Br)cc1-c1ccccc1. The molecule has 0 spiro atoms. The van der Waals surface area contributed by atoms with Gasteiger partial charge in [0.2, 0.25) is 0 Å². The van der Waals surface area contributed by atoms with Gasteiger partial charge in [-0.2, -0.15) is 0 Å². The van der Waals surface area contributed by atoms with Crippen LogP contribution in [0.5, 0.6) is 5.75 Å². The lowest BCUT2D eigenvalue weighted by Crippen LogP contribution is -1.93. The summed E-state index contributed by atoms with van der Waals surface area (Å²) in [6, 6.07) is 13.0. The maximum atomic E-state index is 11.7. The quantitative estimate of drug-likeness (QED) is 0.921. The Morgan fingerprint density at radius 3 is 2.41 bits per heavy atom. The molecule has 17 heavy (non-hydrogen) atoms. The fourth-order valence-corrected chi connectivity index (χ4v) is 3.00. The molecule has 0 saturated heterocycles. The summed E-state index contributed by atoms with van der Waals surface area (Å²) >= 11 is 3.33. The monoisotopic (exact) mass is 310 g/mol. The summed E-state index contributed by atoms with van der Waals surface area (Å²) in [6.45, 7) is 0. The summed E-state index contributed by atoms with van der Waals surface area (Å²) in [5, 5.41) is 9.88. The van der Waals surface area contributed by atoms with Crippen LogP contribution in [-0.4, -0.2) is 15.6 Å². The van der Waals surface area contributed by atoms with Gasteiger partial charge >= 0.3 is 0 Å². The maximum absolute atomic E-state index is 11.7. The van der Waals surface area contributed by atoms with E-state index in [1.54, 1.807) is 12.3 Å². The van der Waals surface area contributed by atoms with Crippen LogP contribution in [0.2, 0.25) is 0 Å². The lowest BCUT2D eigenvalue weighted by molar-refractivity contribution is 0.461. The highest BCUT2D eigenvalue weighted by Crippen LogP contribution is 2.35. The first-order valence-electron chi connectivity index (χ1n) is 5.01. The van der Waals surface area contributed by atoms with Gasteiger partial charge < -0.3 is 5.11 Å². The zero-order valence-corrected chi connectivity index (χ0v) is 11.6. The van der Waals surface area contributed by atoms with Crippen LogP contribution in [0, 0.1) is 0 Å². The van der Waals surface area contributed by atoms with Crippen LogP contribution >= 0.6 is 15.9 Å².